The highest BCUT2D eigenvalue weighted by Gasteiger charge is 2.12. The van der Waals surface area contributed by atoms with Gasteiger partial charge in [0.2, 0.25) is 5.91 Å². The number of carbonyl (C=O) groups excluding carboxylic acids is 2. The number of hydrogen-bond donors (Lipinski definition) is 1. The standard InChI is InChI=1S/C9H13Cl2NO3/c1-2-3-7(12-8(13)4-10)6-15-9(14)5-11/h2,7H,1,3-6H2,(H,12,13)/t7-/m1/s1. The summed E-state index contributed by atoms with van der Waals surface area (Å²) in [6.45, 7) is 3.60. The minimum absolute atomic E-state index is 0.0696. The Hall–Kier alpha value is -0.740. The molecule has 0 aliphatic carbocycles. The van der Waals surface area contributed by atoms with Crippen LogP contribution in [0.25, 0.3) is 0 Å². The van der Waals surface area contributed by atoms with Gasteiger partial charge in [0.15, 0.2) is 0 Å². The van der Waals surface area contributed by atoms with Gasteiger partial charge in [-0.1, -0.05) is 6.08 Å². The van der Waals surface area contributed by atoms with Crippen LogP contribution in [0.4, 0.5) is 0 Å². The second-order valence-corrected chi connectivity index (χ2v) is 3.27. The molecule has 1 atom stereocenters. The maximum Gasteiger partial charge on any atom is 0.320 e. The lowest BCUT2D eigenvalue weighted by atomic mass is 10.2. The molecule has 0 aromatic rings. The molecule has 0 saturated heterocycles. The summed E-state index contributed by atoms with van der Waals surface area (Å²) in [7, 11) is 0. The average molecular weight is 254 g/mol. The van der Waals surface area contributed by atoms with Gasteiger partial charge in [0.05, 0.1) is 6.04 Å². The first-order chi connectivity index (χ1) is 7.13. The molecule has 0 rings (SSSR count). The van der Waals surface area contributed by atoms with Crippen LogP contribution < -0.4 is 5.32 Å². The summed E-state index contributed by atoms with van der Waals surface area (Å²) in [6, 6.07) is -0.305. The molecule has 0 fully saturated rings. The number of ether oxygens (including phenoxy) is 1. The van der Waals surface area contributed by atoms with E-state index in [1.54, 1.807) is 6.08 Å². The fourth-order valence-corrected chi connectivity index (χ4v) is 1.02. The number of carbonyl (C=O) groups is 2. The van der Waals surface area contributed by atoms with Gasteiger partial charge < -0.3 is 10.1 Å². The van der Waals surface area contributed by atoms with E-state index >= 15 is 0 Å². The zero-order valence-electron chi connectivity index (χ0n) is 8.17. The van der Waals surface area contributed by atoms with E-state index in [0.717, 1.165) is 0 Å². The van der Waals surface area contributed by atoms with Crippen molar-refractivity contribution in [3.8, 4) is 0 Å². The SMILES string of the molecule is C=CC[C@H](COC(=O)CCl)NC(=O)CCl. The lowest BCUT2D eigenvalue weighted by Crippen LogP contribution is -2.39. The van der Waals surface area contributed by atoms with E-state index in [9.17, 15) is 9.59 Å². The first-order valence-corrected chi connectivity index (χ1v) is 5.38. The van der Waals surface area contributed by atoms with E-state index in [0.29, 0.717) is 6.42 Å². The third kappa shape index (κ3) is 7.22. The second-order valence-electron chi connectivity index (χ2n) is 2.74. The van der Waals surface area contributed by atoms with Crippen molar-refractivity contribution in [2.45, 2.75) is 12.5 Å². The molecule has 0 saturated carbocycles. The zero-order valence-corrected chi connectivity index (χ0v) is 9.68. The van der Waals surface area contributed by atoms with Crippen LogP contribution >= 0.6 is 23.2 Å². The number of alkyl halides is 2. The molecule has 0 bridgehead atoms. The molecule has 0 aliphatic heterocycles. The Morgan fingerprint density at radius 1 is 1.40 bits per heavy atom. The van der Waals surface area contributed by atoms with Gasteiger partial charge in [-0.15, -0.1) is 29.8 Å². The normalized spacial score (nSPS) is 11.6. The molecule has 0 radical (unpaired) electrons. The molecule has 15 heavy (non-hydrogen) atoms. The van der Waals surface area contributed by atoms with Crippen LogP contribution in [0, 0.1) is 0 Å². The van der Waals surface area contributed by atoms with Gasteiger partial charge in [0.25, 0.3) is 0 Å². The van der Waals surface area contributed by atoms with Crippen LogP contribution in [0.2, 0.25) is 0 Å². The highest BCUT2D eigenvalue weighted by atomic mass is 35.5. The van der Waals surface area contributed by atoms with Crippen molar-refractivity contribution >= 4 is 35.1 Å². The van der Waals surface area contributed by atoms with E-state index in [2.05, 4.69) is 11.9 Å². The molecule has 1 N–H and O–H groups in total. The Labute approximate surface area is 98.6 Å². The maximum absolute atomic E-state index is 11.0. The number of amides is 1. The summed E-state index contributed by atoms with van der Waals surface area (Å²) in [4.78, 5) is 21.7. The molecule has 6 heteroatoms. The number of hydrogen-bond acceptors (Lipinski definition) is 3. The quantitative estimate of drug-likeness (QED) is 0.420. The summed E-state index contributed by atoms with van der Waals surface area (Å²) < 4.78 is 4.77. The summed E-state index contributed by atoms with van der Waals surface area (Å²) in [5, 5.41) is 2.58. The van der Waals surface area contributed by atoms with Crippen molar-refractivity contribution in [3.63, 3.8) is 0 Å². The topological polar surface area (TPSA) is 55.4 Å². The van der Waals surface area contributed by atoms with E-state index in [1.807, 2.05) is 0 Å². The van der Waals surface area contributed by atoms with Crippen molar-refractivity contribution in [1.29, 1.82) is 0 Å². The number of esters is 1. The molecule has 0 heterocycles. The van der Waals surface area contributed by atoms with Crippen LogP contribution in [0.3, 0.4) is 0 Å². The third-order valence-electron chi connectivity index (χ3n) is 1.49. The zero-order chi connectivity index (χ0) is 11.7. The molecule has 86 valence electrons. The highest BCUT2D eigenvalue weighted by molar-refractivity contribution is 6.27. The number of rotatable bonds is 7. The smallest absolute Gasteiger partial charge is 0.320 e. The van der Waals surface area contributed by atoms with Gasteiger partial charge in [-0.3, -0.25) is 9.59 Å². The van der Waals surface area contributed by atoms with Gasteiger partial charge in [0.1, 0.15) is 18.4 Å². The average Bonchev–Trinajstić information content (AvgIpc) is 2.25. The van der Waals surface area contributed by atoms with Crippen molar-refractivity contribution in [1.82, 2.24) is 5.32 Å². The summed E-state index contributed by atoms with van der Waals surface area (Å²) >= 11 is 10.6. The fraction of sp³-hybridized carbons (Fsp3) is 0.556. The molecule has 0 aromatic carbocycles. The number of nitrogens with one attached hydrogen (secondary N) is 1. The van der Waals surface area contributed by atoms with Crippen LogP contribution in [0.5, 0.6) is 0 Å². The monoisotopic (exact) mass is 253 g/mol. The molecule has 4 nitrogen and oxygen atoms in total. The molecule has 0 aromatic heterocycles. The van der Waals surface area contributed by atoms with Gasteiger partial charge in [-0.05, 0) is 6.42 Å². The largest absolute Gasteiger partial charge is 0.463 e. The lowest BCUT2D eigenvalue weighted by Gasteiger charge is -2.16. The molecule has 0 aliphatic rings. The van der Waals surface area contributed by atoms with E-state index in [-0.39, 0.29) is 30.3 Å². The van der Waals surface area contributed by atoms with E-state index < -0.39 is 5.97 Å². The Balaban J connectivity index is 3.97. The Kier molecular flexibility index (Phi) is 8.14. The van der Waals surface area contributed by atoms with Gasteiger partial charge >= 0.3 is 5.97 Å². The van der Waals surface area contributed by atoms with Crippen LogP contribution in [0.1, 0.15) is 6.42 Å². The van der Waals surface area contributed by atoms with Crippen LogP contribution in [-0.2, 0) is 14.3 Å². The molecule has 0 spiro atoms. The Bertz CT molecular complexity index is 233. The summed E-state index contributed by atoms with van der Waals surface area (Å²) in [5.41, 5.74) is 0. The predicted octanol–water partition coefficient (Wildman–Crippen LogP) is 1.07. The fourth-order valence-electron chi connectivity index (χ4n) is 0.868. The van der Waals surface area contributed by atoms with Gasteiger partial charge in [-0.2, -0.15) is 0 Å². The third-order valence-corrected chi connectivity index (χ3v) is 1.95. The van der Waals surface area contributed by atoms with Crippen molar-refractivity contribution in [3.05, 3.63) is 12.7 Å². The molecule has 0 unspecified atom stereocenters. The van der Waals surface area contributed by atoms with Gasteiger partial charge in [0, 0.05) is 0 Å². The van der Waals surface area contributed by atoms with Crippen LogP contribution in [0.15, 0.2) is 12.7 Å². The van der Waals surface area contributed by atoms with E-state index in [4.69, 9.17) is 27.9 Å². The Morgan fingerprint density at radius 2 is 2.07 bits per heavy atom. The first kappa shape index (κ1) is 14.3. The molecular formula is C9H13Cl2NO3. The van der Waals surface area contributed by atoms with Gasteiger partial charge in [-0.25, -0.2) is 0 Å². The van der Waals surface area contributed by atoms with E-state index in [1.165, 1.54) is 0 Å². The van der Waals surface area contributed by atoms with Crippen LogP contribution in [-0.4, -0.2) is 36.3 Å². The lowest BCUT2D eigenvalue weighted by molar-refractivity contribution is -0.141. The molecular weight excluding hydrogens is 241 g/mol. The van der Waals surface area contributed by atoms with Crippen molar-refractivity contribution < 1.29 is 14.3 Å². The maximum atomic E-state index is 11.0. The predicted molar refractivity (Wildman–Crippen MR) is 59.1 cm³/mol. The second kappa shape index (κ2) is 8.56. The minimum Gasteiger partial charge on any atom is -0.463 e. The minimum atomic E-state index is -0.522. The first-order valence-electron chi connectivity index (χ1n) is 4.31. The highest BCUT2D eigenvalue weighted by Crippen LogP contribution is 1.96. The molecule has 1 amide bonds. The number of halogens is 2. The summed E-state index contributed by atoms with van der Waals surface area (Å²) in [6.07, 6.45) is 2.12. The van der Waals surface area contributed by atoms with Crippen molar-refractivity contribution in [2.24, 2.45) is 0 Å². The van der Waals surface area contributed by atoms with Crippen molar-refractivity contribution in [2.75, 3.05) is 18.4 Å². The Morgan fingerprint density at radius 3 is 2.53 bits per heavy atom. The summed E-state index contributed by atoms with van der Waals surface area (Å²) in [5.74, 6) is -1.17.